The van der Waals surface area contributed by atoms with Gasteiger partial charge in [0, 0.05) is 36.9 Å². The molecule has 3 heteroatoms. The number of fused-ring (bicyclic) bond motifs is 1. The third-order valence-corrected chi connectivity index (χ3v) is 4.34. The normalized spacial score (nSPS) is 22.6. The minimum atomic E-state index is 0.311. The zero-order chi connectivity index (χ0) is 14.1. The van der Waals surface area contributed by atoms with E-state index in [4.69, 9.17) is 5.73 Å². The van der Waals surface area contributed by atoms with Crippen LogP contribution in [0.3, 0.4) is 0 Å². The van der Waals surface area contributed by atoms with E-state index in [0.29, 0.717) is 18.5 Å². The molecule has 0 spiro atoms. The zero-order valence-electron chi connectivity index (χ0n) is 12.1. The molecule has 0 amide bonds. The highest BCUT2D eigenvalue weighted by Crippen LogP contribution is 2.39. The van der Waals surface area contributed by atoms with E-state index in [1.807, 2.05) is 12.3 Å². The van der Waals surface area contributed by atoms with Crippen LogP contribution in [0.4, 0.5) is 0 Å². The van der Waals surface area contributed by atoms with Crippen LogP contribution in [-0.2, 0) is 0 Å². The second-order valence-electron chi connectivity index (χ2n) is 5.58. The van der Waals surface area contributed by atoms with Gasteiger partial charge in [-0.2, -0.15) is 0 Å². The molecule has 104 valence electrons. The molecule has 20 heavy (non-hydrogen) atoms. The van der Waals surface area contributed by atoms with Crippen molar-refractivity contribution in [3.63, 3.8) is 0 Å². The minimum Gasteiger partial charge on any atom is -0.329 e. The Bertz CT molecular complexity index is 594. The fourth-order valence-electron chi connectivity index (χ4n) is 3.33. The van der Waals surface area contributed by atoms with Crippen molar-refractivity contribution < 1.29 is 0 Å². The van der Waals surface area contributed by atoms with Crippen molar-refractivity contribution in [1.29, 1.82) is 0 Å². The Labute approximate surface area is 120 Å². The number of hydrogen-bond donors (Lipinski definition) is 1. The largest absolute Gasteiger partial charge is 0.329 e. The number of aromatic nitrogens is 1. The average Bonchev–Trinajstić information content (AvgIpc) is 2.48. The van der Waals surface area contributed by atoms with Crippen LogP contribution >= 0.6 is 0 Å². The third-order valence-electron chi connectivity index (χ3n) is 4.34. The Morgan fingerprint density at radius 2 is 2.10 bits per heavy atom. The number of benzene rings is 1. The first-order valence-corrected chi connectivity index (χ1v) is 7.13. The average molecular weight is 267 g/mol. The van der Waals surface area contributed by atoms with Gasteiger partial charge < -0.3 is 5.73 Å². The Kier molecular flexibility index (Phi) is 3.55. The summed E-state index contributed by atoms with van der Waals surface area (Å²) >= 11 is 0. The van der Waals surface area contributed by atoms with Crippen LogP contribution < -0.4 is 5.73 Å². The molecule has 3 nitrogen and oxygen atoms in total. The highest BCUT2D eigenvalue weighted by atomic mass is 15.1. The standard InChI is InChI=1S/C17H21N3/c1-12-6-5-7-13-14(15-8-3-4-9-19-15)11-20(2)16(10-18)17(12)13/h3-9,14,16H,10-11,18H2,1-2H3. The van der Waals surface area contributed by atoms with Crippen molar-refractivity contribution in [2.75, 3.05) is 20.1 Å². The Hall–Kier alpha value is -1.71. The SMILES string of the molecule is Cc1cccc2c1C(CN)N(C)CC2c1ccccn1. The van der Waals surface area contributed by atoms with Gasteiger partial charge in [-0.15, -0.1) is 0 Å². The molecule has 2 aromatic rings. The topological polar surface area (TPSA) is 42.1 Å². The number of nitrogens with two attached hydrogens (primary N) is 1. The van der Waals surface area contributed by atoms with Gasteiger partial charge in [0.2, 0.25) is 0 Å². The molecule has 0 saturated carbocycles. The zero-order valence-corrected chi connectivity index (χ0v) is 12.1. The molecule has 2 heterocycles. The molecule has 2 unspecified atom stereocenters. The fourth-order valence-corrected chi connectivity index (χ4v) is 3.33. The first-order chi connectivity index (χ1) is 9.72. The van der Waals surface area contributed by atoms with Crippen molar-refractivity contribution in [1.82, 2.24) is 9.88 Å². The van der Waals surface area contributed by atoms with E-state index in [0.717, 1.165) is 12.2 Å². The number of rotatable bonds is 2. The van der Waals surface area contributed by atoms with Crippen molar-refractivity contribution in [2.24, 2.45) is 5.73 Å². The van der Waals surface area contributed by atoms with Gasteiger partial charge in [0.1, 0.15) is 0 Å². The van der Waals surface area contributed by atoms with E-state index in [-0.39, 0.29) is 0 Å². The first kappa shape index (κ1) is 13.3. The van der Waals surface area contributed by atoms with E-state index >= 15 is 0 Å². The highest BCUT2D eigenvalue weighted by molar-refractivity contribution is 5.44. The number of hydrogen-bond acceptors (Lipinski definition) is 3. The molecule has 0 bridgehead atoms. The number of likely N-dealkylation sites (N-methyl/N-ethyl adjacent to an activating group) is 1. The van der Waals surface area contributed by atoms with Crippen molar-refractivity contribution >= 4 is 0 Å². The van der Waals surface area contributed by atoms with Gasteiger partial charge in [-0.3, -0.25) is 9.88 Å². The van der Waals surface area contributed by atoms with Crippen LogP contribution in [0.5, 0.6) is 0 Å². The molecule has 1 aliphatic heterocycles. The van der Waals surface area contributed by atoms with Crippen LogP contribution in [0.25, 0.3) is 0 Å². The molecule has 0 fully saturated rings. The summed E-state index contributed by atoms with van der Waals surface area (Å²) < 4.78 is 0. The van der Waals surface area contributed by atoms with E-state index < -0.39 is 0 Å². The summed E-state index contributed by atoms with van der Waals surface area (Å²) in [6, 6.07) is 13.0. The lowest BCUT2D eigenvalue weighted by Gasteiger charge is -2.39. The molecule has 2 atom stereocenters. The maximum atomic E-state index is 6.00. The summed E-state index contributed by atoms with van der Waals surface area (Å²) in [7, 11) is 2.16. The second kappa shape index (κ2) is 5.35. The quantitative estimate of drug-likeness (QED) is 0.909. The number of nitrogens with zero attached hydrogens (tertiary/aromatic N) is 2. The monoisotopic (exact) mass is 267 g/mol. The van der Waals surface area contributed by atoms with Gasteiger partial charge in [-0.1, -0.05) is 24.3 Å². The molecule has 0 radical (unpaired) electrons. The van der Waals surface area contributed by atoms with Crippen LogP contribution in [0.2, 0.25) is 0 Å². The van der Waals surface area contributed by atoms with Crippen molar-refractivity contribution in [3.05, 3.63) is 65.0 Å². The fraction of sp³-hybridized carbons (Fsp3) is 0.353. The Balaban J connectivity index is 2.14. The van der Waals surface area contributed by atoms with Gasteiger partial charge in [0.25, 0.3) is 0 Å². The smallest absolute Gasteiger partial charge is 0.0491 e. The van der Waals surface area contributed by atoms with Crippen molar-refractivity contribution in [2.45, 2.75) is 18.9 Å². The summed E-state index contributed by atoms with van der Waals surface area (Å²) in [5.41, 5.74) is 11.2. The van der Waals surface area contributed by atoms with Gasteiger partial charge >= 0.3 is 0 Å². The molecule has 0 aliphatic carbocycles. The highest BCUT2D eigenvalue weighted by Gasteiger charge is 2.32. The molecular weight excluding hydrogens is 246 g/mol. The molecular formula is C17H21N3. The van der Waals surface area contributed by atoms with Gasteiger partial charge in [0.15, 0.2) is 0 Å². The van der Waals surface area contributed by atoms with Crippen LogP contribution in [0, 0.1) is 6.92 Å². The predicted octanol–water partition coefficient (Wildman–Crippen LogP) is 2.47. The molecule has 1 aliphatic rings. The summed E-state index contributed by atoms with van der Waals surface area (Å²) in [5, 5.41) is 0. The molecule has 1 aromatic heterocycles. The maximum Gasteiger partial charge on any atom is 0.0491 e. The molecule has 3 rings (SSSR count). The summed E-state index contributed by atoms with van der Waals surface area (Å²) in [6.45, 7) is 3.80. The van der Waals surface area contributed by atoms with Gasteiger partial charge in [-0.05, 0) is 42.8 Å². The molecule has 1 aromatic carbocycles. The van der Waals surface area contributed by atoms with Crippen LogP contribution in [0.15, 0.2) is 42.6 Å². The molecule has 0 saturated heterocycles. The van der Waals surface area contributed by atoms with Crippen LogP contribution in [-0.4, -0.2) is 30.0 Å². The molecule has 2 N–H and O–H groups in total. The lowest BCUT2D eigenvalue weighted by atomic mass is 9.81. The summed E-state index contributed by atoms with van der Waals surface area (Å²) in [5.74, 6) is 0.332. The van der Waals surface area contributed by atoms with E-state index in [1.54, 1.807) is 0 Å². The summed E-state index contributed by atoms with van der Waals surface area (Å²) in [4.78, 5) is 6.91. The Morgan fingerprint density at radius 1 is 1.25 bits per heavy atom. The predicted molar refractivity (Wildman–Crippen MR) is 81.7 cm³/mol. The van der Waals surface area contributed by atoms with Crippen LogP contribution in [0.1, 0.15) is 34.3 Å². The summed E-state index contributed by atoms with van der Waals surface area (Å²) in [6.07, 6.45) is 1.87. The van der Waals surface area contributed by atoms with Crippen molar-refractivity contribution in [3.8, 4) is 0 Å². The third kappa shape index (κ3) is 2.13. The number of aryl methyl sites for hydroxylation is 1. The minimum absolute atomic E-state index is 0.311. The first-order valence-electron chi connectivity index (χ1n) is 7.13. The van der Waals surface area contributed by atoms with Gasteiger partial charge in [0.05, 0.1) is 0 Å². The second-order valence-corrected chi connectivity index (χ2v) is 5.58. The van der Waals surface area contributed by atoms with E-state index in [1.165, 1.54) is 16.7 Å². The van der Waals surface area contributed by atoms with Gasteiger partial charge in [-0.25, -0.2) is 0 Å². The van der Waals surface area contributed by atoms with E-state index in [9.17, 15) is 0 Å². The number of pyridine rings is 1. The maximum absolute atomic E-state index is 6.00. The Morgan fingerprint density at radius 3 is 2.80 bits per heavy atom. The van der Waals surface area contributed by atoms with E-state index in [2.05, 4.69) is 54.2 Å². The lowest BCUT2D eigenvalue weighted by Crippen LogP contribution is -2.39. The lowest BCUT2D eigenvalue weighted by molar-refractivity contribution is 0.221.